The van der Waals surface area contributed by atoms with Crippen molar-refractivity contribution in [2.45, 2.75) is 52.1 Å². The SMILES string of the molecule is CC(C)N(Cc1c(-c2ccccc2)nn(C)c1Oc1ccc(F)cc1)C(=O)C1CCCC1. The number of halogens is 1. The number of rotatable bonds is 7. The fraction of sp³-hybridized carbons (Fsp3) is 0.385. The van der Waals surface area contributed by atoms with Crippen LogP contribution in [0.2, 0.25) is 0 Å². The molecule has 0 N–H and O–H groups in total. The molecule has 6 heteroatoms. The van der Waals surface area contributed by atoms with E-state index in [0.29, 0.717) is 18.2 Å². The summed E-state index contributed by atoms with van der Waals surface area (Å²) >= 11 is 0. The Bertz CT molecular complexity index is 1050. The Labute approximate surface area is 188 Å². The highest BCUT2D eigenvalue weighted by Gasteiger charge is 2.31. The number of carbonyl (C=O) groups excluding carboxylic acids is 1. The predicted octanol–water partition coefficient (Wildman–Crippen LogP) is 5.95. The second-order valence-electron chi connectivity index (χ2n) is 8.72. The van der Waals surface area contributed by atoms with Crippen LogP contribution in [0, 0.1) is 11.7 Å². The zero-order chi connectivity index (χ0) is 22.7. The van der Waals surface area contributed by atoms with E-state index in [-0.39, 0.29) is 23.7 Å². The van der Waals surface area contributed by atoms with Gasteiger partial charge in [-0.25, -0.2) is 9.07 Å². The normalized spacial score (nSPS) is 14.2. The average molecular weight is 436 g/mol. The first kappa shape index (κ1) is 22.1. The summed E-state index contributed by atoms with van der Waals surface area (Å²) < 4.78 is 21.3. The zero-order valence-corrected chi connectivity index (χ0v) is 18.9. The van der Waals surface area contributed by atoms with Gasteiger partial charge in [-0.3, -0.25) is 4.79 Å². The molecule has 0 spiro atoms. The minimum Gasteiger partial charge on any atom is -0.439 e. The molecule has 0 aliphatic heterocycles. The highest BCUT2D eigenvalue weighted by atomic mass is 19.1. The lowest BCUT2D eigenvalue weighted by molar-refractivity contribution is -0.137. The number of nitrogens with zero attached hydrogens (tertiary/aromatic N) is 3. The Balaban J connectivity index is 1.74. The van der Waals surface area contributed by atoms with Gasteiger partial charge in [0.05, 0.1) is 12.1 Å². The molecule has 1 aliphatic rings. The largest absolute Gasteiger partial charge is 0.439 e. The number of hydrogen-bond donors (Lipinski definition) is 0. The van der Waals surface area contributed by atoms with Crippen molar-refractivity contribution in [3.05, 3.63) is 66.0 Å². The number of aryl methyl sites for hydroxylation is 1. The molecule has 5 nitrogen and oxygen atoms in total. The molecule has 1 aliphatic carbocycles. The van der Waals surface area contributed by atoms with Crippen molar-refractivity contribution < 1.29 is 13.9 Å². The summed E-state index contributed by atoms with van der Waals surface area (Å²) in [6, 6.07) is 15.9. The van der Waals surface area contributed by atoms with E-state index in [2.05, 4.69) is 0 Å². The van der Waals surface area contributed by atoms with Gasteiger partial charge in [-0.05, 0) is 51.0 Å². The number of aromatic nitrogens is 2. The molecule has 1 heterocycles. The smallest absolute Gasteiger partial charge is 0.226 e. The Hall–Kier alpha value is -3.15. The van der Waals surface area contributed by atoms with Crippen LogP contribution < -0.4 is 4.74 Å². The average Bonchev–Trinajstić information content (AvgIpc) is 3.43. The molecule has 168 valence electrons. The first-order valence-corrected chi connectivity index (χ1v) is 11.3. The van der Waals surface area contributed by atoms with Gasteiger partial charge in [-0.15, -0.1) is 0 Å². The van der Waals surface area contributed by atoms with Gasteiger partial charge in [0.25, 0.3) is 0 Å². The third-order valence-corrected chi connectivity index (χ3v) is 6.10. The third kappa shape index (κ3) is 4.69. The van der Waals surface area contributed by atoms with Gasteiger partial charge in [0, 0.05) is 24.6 Å². The molecule has 1 amide bonds. The minimum absolute atomic E-state index is 0.0469. The van der Waals surface area contributed by atoms with Gasteiger partial charge in [0.1, 0.15) is 17.3 Å². The molecule has 0 unspecified atom stereocenters. The van der Waals surface area contributed by atoms with Crippen LogP contribution in [0.25, 0.3) is 11.3 Å². The van der Waals surface area contributed by atoms with E-state index in [4.69, 9.17) is 9.84 Å². The van der Waals surface area contributed by atoms with Crippen molar-refractivity contribution >= 4 is 5.91 Å². The van der Waals surface area contributed by atoms with E-state index in [1.165, 1.54) is 12.1 Å². The van der Waals surface area contributed by atoms with Crippen LogP contribution >= 0.6 is 0 Å². The van der Waals surface area contributed by atoms with Gasteiger partial charge in [0.2, 0.25) is 11.8 Å². The van der Waals surface area contributed by atoms with Crippen LogP contribution in [0.5, 0.6) is 11.6 Å². The number of benzene rings is 2. The summed E-state index contributed by atoms with van der Waals surface area (Å²) in [5, 5.41) is 4.74. The summed E-state index contributed by atoms with van der Waals surface area (Å²) in [6.45, 7) is 4.50. The van der Waals surface area contributed by atoms with Gasteiger partial charge in [0.15, 0.2) is 0 Å². The quantitative estimate of drug-likeness (QED) is 0.461. The standard InChI is InChI=1S/C26H30FN3O2/c1-18(2)30(25(31)20-11-7-8-12-20)17-23-24(19-9-5-4-6-10-19)28-29(3)26(23)32-22-15-13-21(27)14-16-22/h4-6,9-10,13-16,18,20H,7-8,11-12,17H2,1-3H3. The summed E-state index contributed by atoms with van der Waals surface area (Å²) in [4.78, 5) is 15.3. The predicted molar refractivity (Wildman–Crippen MR) is 123 cm³/mol. The van der Waals surface area contributed by atoms with Crippen LogP contribution in [0.4, 0.5) is 4.39 Å². The Morgan fingerprint density at radius 3 is 2.41 bits per heavy atom. The number of hydrogen-bond acceptors (Lipinski definition) is 3. The summed E-state index contributed by atoms with van der Waals surface area (Å²) in [7, 11) is 1.83. The molecule has 3 aromatic rings. The van der Waals surface area contributed by atoms with E-state index >= 15 is 0 Å². The molecule has 1 fully saturated rings. The zero-order valence-electron chi connectivity index (χ0n) is 18.9. The van der Waals surface area contributed by atoms with Crippen molar-refractivity contribution in [2.24, 2.45) is 13.0 Å². The van der Waals surface area contributed by atoms with Crippen molar-refractivity contribution in [1.29, 1.82) is 0 Å². The molecule has 1 saturated carbocycles. The van der Waals surface area contributed by atoms with Crippen LogP contribution in [0.3, 0.4) is 0 Å². The van der Waals surface area contributed by atoms with Gasteiger partial charge < -0.3 is 9.64 Å². The summed E-state index contributed by atoms with van der Waals surface area (Å²) in [5.41, 5.74) is 2.60. The molecule has 2 aromatic carbocycles. The highest BCUT2D eigenvalue weighted by Crippen LogP contribution is 2.36. The van der Waals surface area contributed by atoms with E-state index in [1.807, 2.05) is 56.1 Å². The molecule has 0 radical (unpaired) electrons. The Morgan fingerprint density at radius 2 is 1.78 bits per heavy atom. The molecule has 0 bridgehead atoms. The van der Waals surface area contributed by atoms with E-state index in [0.717, 1.165) is 42.5 Å². The summed E-state index contributed by atoms with van der Waals surface area (Å²) in [6.07, 6.45) is 4.14. The third-order valence-electron chi connectivity index (χ3n) is 6.10. The van der Waals surface area contributed by atoms with Gasteiger partial charge >= 0.3 is 0 Å². The molecule has 0 saturated heterocycles. The first-order valence-electron chi connectivity index (χ1n) is 11.3. The molecule has 4 rings (SSSR count). The topological polar surface area (TPSA) is 47.4 Å². The maximum absolute atomic E-state index is 13.4. The van der Waals surface area contributed by atoms with E-state index in [1.54, 1.807) is 16.8 Å². The molecular weight excluding hydrogens is 405 g/mol. The molecule has 1 aromatic heterocycles. The fourth-order valence-electron chi connectivity index (χ4n) is 4.36. The second-order valence-corrected chi connectivity index (χ2v) is 8.72. The van der Waals surface area contributed by atoms with Crippen molar-refractivity contribution in [3.8, 4) is 22.9 Å². The highest BCUT2D eigenvalue weighted by molar-refractivity contribution is 5.80. The van der Waals surface area contributed by atoms with E-state index in [9.17, 15) is 9.18 Å². The summed E-state index contributed by atoms with van der Waals surface area (Å²) in [5.74, 6) is 1.05. The first-order chi connectivity index (χ1) is 15.4. The van der Waals surface area contributed by atoms with Crippen molar-refractivity contribution in [3.63, 3.8) is 0 Å². The molecule has 0 atom stereocenters. The fourth-order valence-corrected chi connectivity index (χ4v) is 4.36. The maximum atomic E-state index is 13.4. The number of amides is 1. The maximum Gasteiger partial charge on any atom is 0.226 e. The van der Waals surface area contributed by atoms with Crippen LogP contribution in [-0.4, -0.2) is 26.6 Å². The Kier molecular flexibility index (Phi) is 6.58. The van der Waals surface area contributed by atoms with Crippen LogP contribution in [-0.2, 0) is 18.4 Å². The van der Waals surface area contributed by atoms with Crippen LogP contribution in [0.1, 0.15) is 45.1 Å². The monoisotopic (exact) mass is 435 g/mol. The lowest BCUT2D eigenvalue weighted by atomic mass is 10.0. The minimum atomic E-state index is -0.319. The Morgan fingerprint density at radius 1 is 1.12 bits per heavy atom. The second kappa shape index (κ2) is 9.55. The number of ether oxygens (including phenoxy) is 1. The lowest BCUT2D eigenvalue weighted by Crippen LogP contribution is -2.39. The van der Waals surface area contributed by atoms with Crippen molar-refractivity contribution in [1.82, 2.24) is 14.7 Å². The lowest BCUT2D eigenvalue weighted by Gasteiger charge is -2.29. The van der Waals surface area contributed by atoms with Gasteiger partial charge in [-0.1, -0.05) is 43.2 Å². The van der Waals surface area contributed by atoms with E-state index < -0.39 is 0 Å². The molecule has 32 heavy (non-hydrogen) atoms. The number of carbonyl (C=O) groups is 1. The van der Waals surface area contributed by atoms with Crippen LogP contribution in [0.15, 0.2) is 54.6 Å². The van der Waals surface area contributed by atoms with Gasteiger partial charge in [-0.2, -0.15) is 5.10 Å². The van der Waals surface area contributed by atoms with Crippen molar-refractivity contribution in [2.75, 3.05) is 0 Å². The molecular formula is C26H30FN3O2.